The van der Waals surface area contributed by atoms with Crippen molar-refractivity contribution in [1.29, 1.82) is 0 Å². The van der Waals surface area contributed by atoms with Gasteiger partial charge in [0.05, 0.1) is 6.42 Å². The summed E-state index contributed by atoms with van der Waals surface area (Å²) in [5.74, 6) is -3.61. The highest BCUT2D eigenvalue weighted by Crippen LogP contribution is 1.99. The molecule has 0 aliphatic heterocycles. The Morgan fingerprint density at radius 3 is 2.08 bits per heavy atom. The van der Waals surface area contributed by atoms with Crippen molar-refractivity contribution in [3.63, 3.8) is 0 Å². The van der Waals surface area contributed by atoms with E-state index in [1.54, 1.807) is 0 Å². The van der Waals surface area contributed by atoms with E-state index in [4.69, 9.17) is 10.2 Å². The second kappa shape index (κ2) is 4.32. The van der Waals surface area contributed by atoms with Gasteiger partial charge in [0.15, 0.2) is 0 Å². The predicted molar refractivity (Wildman–Crippen MR) is 35.4 cm³/mol. The number of aliphatic carboxylic acids is 2. The summed E-state index contributed by atoms with van der Waals surface area (Å²) in [6.45, 7) is 1.01. The third-order valence-electron chi connectivity index (χ3n) is 0.944. The normalized spacial score (nSPS) is 11.8. The molecule has 0 rings (SSSR count). The Morgan fingerprint density at radius 2 is 1.83 bits per heavy atom. The summed E-state index contributed by atoms with van der Waals surface area (Å²) in [6.07, 6.45) is -2.32. The quantitative estimate of drug-likeness (QED) is 0.559. The van der Waals surface area contributed by atoms with E-state index in [0.29, 0.717) is 0 Å². The lowest BCUT2D eigenvalue weighted by atomic mass is 10.2. The van der Waals surface area contributed by atoms with Crippen LogP contribution in [0.4, 0.5) is 0 Å². The summed E-state index contributed by atoms with van der Waals surface area (Å²) >= 11 is 0. The Kier molecular flexibility index (Phi) is 3.75. The van der Waals surface area contributed by atoms with Crippen molar-refractivity contribution in [2.45, 2.75) is 19.4 Å². The minimum absolute atomic E-state index is 0.727. The molecule has 6 heteroatoms. The minimum atomic E-state index is -1.60. The molecule has 12 heavy (non-hydrogen) atoms. The van der Waals surface area contributed by atoms with Crippen LogP contribution in [0.3, 0.4) is 0 Å². The van der Waals surface area contributed by atoms with Gasteiger partial charge in [-0.2, -0.15) is 0 Å². The van der Waals surface area contributed by atoms with Crippen molar-refractivity contribution >= 4 is 17.9 Å². The minimum Gasteiger partial charge on any atom is -0.481 e. The highest BCUT2D eigenvalue weighted by molar-refractivity contribution is 5.82. The first kappa shape index (κ1) is 10.4. The largest absolute Gasteiger partial charge is 0.481 e. The Balaban J connectivity index is 4.14. The first-order chi connectivity index (χ1) is 5.43. The molecule has 1 unspecified atom stereocenters. The first-order valence-electron chi connectivity index (χ1n) is 3.05. The number of rotatable bonds is 4. The van der Waals surface area contributed by atoms with Crippen molar-refractivity contribution in [2.24, 2.45) is 0 Å². The molecule has 0 aromatic carbocycles. The molecule has 1 atom stereocenters. The Hall–Kier alpha value is -1.59. The van der Waals surface area contributed by atoms with Crippen molar-refractivity contribution in [3.05, 3.63) is 0 Å². The first-order valence-corrected chi connectivity index (χ1v) is 3.05. The molecule has 0 amide bonds. The number of esters is 1. The molecule has 0 aliphatic carbocycles. The van der Waals surface area contributed by atoms with E-state index in [0.717, 1.165) is 6.92 Å². The van der Waals surface area contributed by atoms with Gasteiger partial charge in [0, 0.05) is 6.92 Å². The van der Waals surface area contributed by atoms with Crippen LogP contribution in [0, 0.1) is 0 Å². The molecular formula is C6H8O6. The topological polar surface area (TPSA) is 101 Å². The van der Waals surface area contributed by atoms with Gasteiger partial charge >= 0.3 is 17.9 Å². The van der Waals surface area contributed by atoms with Crippen LogP contribution in [-0.2, 0) is 19.1 Å². The Bertz CT molecular complexity index is 192. The molecule has 6 nitrogen and oxygen atoms in total. The highest BCUT2D eigenvalue weighted by atomic mass is 16.6. The number of carbonyl (C=O) groups is 3. The fourth-order valence-electron chi connectivity index (χ4n) is 0.538. The smallest absolute Gasteiger partial charge is 0.345 e. The van der Waals surface area contributed by atoms with E-state index in [-0.39, 0.29) is 0 Å². The third-order valence-corrected chi connectivity index (χ3v) is 0.944. The van der Waals surface area contributed by atoms with Crippen molar-refractivity contribution < 1.29 is 29.3 Å². The molecule has 0 saturated heterocycles. The van der Waals surface area contributed by atoms with E-state index in [1.165, 1.54) is 0 Å². The maximum absolute atomic E-state index is 10.3. The van der Waals surface area contributed by atoms with Gasteiger partial charge in [-0.25, -0.2) is 4.79 Å². The van der Waals surface area contributed by atoms with Crippen LogP contribution in [0.15, 0.2) is 0 Å². The maximum Gasteiger partial charge on any atom is 0.345 e. The van der Waals surface area contributed by atoms with E-state index < -0.39 is 30.4 Å². The second-order valence-electron chi connectivity index (χ2n) is 2.03. The predicted octanol–water partition coefficient (Wildman–Crippen LogP) is -0.523. The molecule has 0 bridgehead atoms. The summed E-state index contributed by atoms with van der Waals surface area (Å²) in [6, 6.07) is 0. The monoisotopic (exact) mass is 176 g/mol. The number of carboxylic acid groups (broad SMARTS) is 2. The van der Waals surface area contributed by atoms with Crippen molar-refractivity contribution in [3.8, 4) is 0 Å². The summed E-state index contributed by atoms with van der Waals surface area (Å²) in [4.78, 5) is 30.5. The average Bonchev–Trinajstić information content (AvgIpc) is 1.83. The van der Waals surface area contributed by atoms with Crippen LogP contribution in [0.25, 0.3) is 0 Å². The molecule has 2 N–H and O–H groups in total. The summed E-state index contributed by atoms with van der Waals surface area (Å²) in [5, 5.41) is 16.5. The van der Waals surface area contributed by atoms with Gasteiger partial charge in [-0.3, -0.25) is 9.59 Å². The van der Waals surface area contributed by atoms with Gasteiger partial charge in [-0.1, -0.05) is 0 Å². The number of hydrogen-bond donors (Lipinski definition) is 2. The molecule has 0 spiro atoms. The molecule has 0 aliphatic rings. The van der Waals surface area contributed by atoms with Gasteiger partial charge in [-0.05, 0) is 0 Å². The fraction of sp³-hybridized carbons (Fsp3) is 0.500. The van der Waals surface area contributed by atoms with Crippen LogP contribution in [0.2, 0.25) is 0 Å². The molecule has 0 heterocycles. The number of hydrogen-bond acceptors (Lipinski definition) is 4. The van der Waals surface area contributed by atoms with Gasteiger partial charge in [0.1, 0.15) is 0 Å². The zero-order valence-electron chi connectivity index (χ0n) is 6.31. The summed E-state index contributed by atoms with van der Waals surface area (Å²) in [7, 11) is 0. The van der Waals surface area contributed by atoms with Gasteiger partial charge in [0.2, 0.25) is 6.10 Å². The second-order valence-corrected chi connectivity index (χ2v) is 2.03. The number of ether oxygens (including phenoxy) is 1. The van der Waals surface area contributed by atoms with Crippen LogP contribution < -0.4 is 0 Å². The lowest BCUT2D eigenvalue weighted by molar-refractivity contribution is -0.165. The Labute approximate surface area is 67.8 Å². The average molecular weight is 176 g/mol. The molecule has 0 aromatic rings. The fourth-order valence-corrected chi connectivity index (χ4v) is 0.538. The van der Waals surface area contributed by atoms with Crippen molar-refractivity contribution in [1.82, 2.24) is 0 Å². The molecule has 0 aromatic heterocycles. The van der Waals surface area contributed by atoms with E-state index in [2.05, 4.69) is 4.74 Å². The molecule has 0 fully saturated rings. The number of carboxylic acids is 2. The van der Waals surface area contributed by atoms with Gasteiger partial charge in [0.25, 0.3) is 0 Å². The van der Waals surface area contributed by atoms with Crippen molar-refractivity contribution in [2.75, 3.05) is 0 Å². The molecule has 68 valence electrons. The summed E-state index contributed by atoms with van der Waals surface area (Å²) < 4.78 is 4.20. The van der Waals surface area contributed by atoms with Crippen LogP contribution in [0.5, 0.6) is 0 Å². The molecular weight excluding hydrogens is 168 g/mol. The van der Waals surface area contributed by atoms with E-state index in [9.17, 15) is 14.4 Å². The lowest BCUT2D eigenvalue weighted by Gasteiger charge is -2.08. The maximum atomic E-state index is 10.3. The SMILES string of the molecule is CC(=O)OC(CC(=O)O)C(=O)O. The molecule has 0 radical (unpaired) electrons. The zero-order valence-corrected chi connectivity index (χ0v) is 6.31. The van der Waals surface area contributed by atoms with E-state index >= 15 is 0 Å². The standard InChI is InChI=1S/C6H8O6/c1-3(7)12-4(6(10)11)2-5(8)9/h4H,2H2,1H3,(H,8,9)(H,10,11). The zero-order chi connectivity index (χ0) is 9.72. The van der Waals surface area contributed by atoms with Crippen LogP contribution in [-0.4, -0.2) is 34.2 Å². The number of carbonyl (C=O) groups excluding carboxylic acids is 1. The molecule has 0 saturated carbocycles. The van der Waals surface area contributed by atoms with Gasteiger partial charge in [-0.15, -0.1) is 0 Å². The van der Waals surface area contributed by atoms with Crippen LogP contribution in [0.1, 0.15) is 13.3 Å². The lowest BCUT2D eigenvalue weighted by Crippen LogP contribution is -2.28. The Morgan fingerprint density at radius 1 is 1.33 bits per heavy atom. The van der Waals surface area contributed by atoms with E-state index in [1.807, 2.05) is 0 Å². The van der Waals surface area contributed by atoms with Crippen LogP contribution >= 0.6 is 0 Å². The summed E-state index contributed by atoms with van der Waals surface area (Å²) in [5.41, 5.74) is 0. The highest BCUT2D eigenvalue weighted by Gasteiger charge is 2.23. The van der Waals surface area contributed by atoms with Gasteiger partial charge < -0.3 is 14.9 Å². The third kappa shape index (κ3) is 4.26.